The fourth-order valence-electron chi connectivity index (χ4n) is 6.58. The minimum Gasteiger partial charge on any atom is -0.497 e. The summed E-state index contributed by atoms with van der Waals surface area (Å²) in [5.74, 6) is 0.0712. The third-order valence-corrected chi connectivity index (χ3v) is 8.15. The molecule has 1 saturated carbocycles. The van der Waals surface area contributed by atoms with E-state index in [-0.39, 0.29) is 17.8 Å². The molecule has 0 amide bonds. The van der Waals surface area contributed by atoms with Crippen molar-refractivity contribution in [3.63, 3.8) is 0 Å². The van der Waals surface area contributed by atoms with Crippen molar-refractivity contribution in [3.05, 3.63) is 102 Å². The van der Waals surface area contributed by atoms with Crippen LogP contribution < -0.4 is 4.74 Å². The van der Waals surface area contributed by atoms with Crippen LogP contribution in [0.15, 0.2) is 84.9 Å². The van der Waals surface area contributed by atoms with E-state index in [1.807, 2.05) is 60.7 Å². The van der Waals surface area contributed by atoms with Gasteiger partial charge in [0.15, 0.2) is 0 Å². The van der Waals surface area contributed by atoms with Crippen LogP contribution in [-0.2, 0) is 21.7 Å². The topological polar surface area (TPSA) is 59.0 Å². The predicted octanol–water partition coefficient (Wildman–Crippen LogP) is 4.75. The highest BCUT2D eigenvalue weighted by atomic mass is 16.5. The number of aliphatic hydroxyl groups is 1. The number of carbonyl (C=O) groups excluding carboxylic acids is 1. The van der Waals surface area contributed by atoms with Gasteiger partial charge in [-0.2, -0.15) is 0 Å². The molecule has 0 spiro atoms. The normalized spacial score (nSPS) is 28.3. The molecule has 0 aromatic heterocycles. The molecule has 1 saturated heterocycles. The summed E-state index contributed by atoms with van der Waals surface area (Å²) in [4.78, 5) is 16.1. The molecule has 182 valence electrons. The lowest BCUT2D eigenvalue weighted by atomic mass is 9.53. The Morgan fingerprint density at radius 1 is 1.00 bits per heavy atom. The quantitative estimate of drug-likeness (QED) is 0.526. The predicted molar refractivity (Wildman–Crippen MR) is 135 cm³/mol. The molecule has 1 aliphatic carbocycles. The van der Waals surface area contributed by atoms with E-state index in [0.717, 1.165) is 11.1 Å². The SMILES string of the molecule is COC(=O)C12CN(Cc3ccccc3)CC1C(O)(c1cccc(OC)c1)CCC2c1ccccc1. The van der Waals surface area contributed by atoms with Crippen LogP contribution >= 0.6 is 0 Å². The number of nitrogens with zero attached hydrogens (tertiary/aromatic N) is 1. The van der Waals surface area contributed by atoms with Crippen LogP contribution in [-0.4, -0.2) is 43.3 Å². The Bertz CT molecular complexity index is 1170. The van der Waals surface area contributed by atoms with Crippen LogP contribution in [0.5, 0.6) is 5.75 Å². The number of hydrogen-bond acceptors (Lipinski definition) is 5. The van der Waals surface area contributed by atoms with Crippen molar-refractivity contribution in [1.82, 2.24) is 4.90 Å². The Morgan fingerprint density at radius 3 is 2.40 bits per heavy atom. The summed E-state index contributed by atoms with van der Waals surface area (Å²) < 4.78 is 11.0. The van der Waals surface area contributed by atoms with E-state index >= 15 is 0 Å². The largest absolute Gasteiger partial charge is 0.497 e. The van der Waals surface area contributed by atoms with Gasteiger partial charge in [-0.1, -0.05) is 72.8 Å². The second kappa shape index (κ2) is 9.48. The number of rotatable bonds is 6. The summed E-state index contributed by atoms with van der Waals surface area (Å²) in [5, 5.41) is 12.4. The average Bonchev–Trinajstić information content (AvgIpc) is 3.30. The molecule has 3 aromatic rings. The number of esters is 1. The molecule has 5 nitrogen and oxygen atoms in total. The van der Waals surface area contributed by atoms with Gasteiger partial charge in [-0.05, 0) is 41.7 Å². The smallest absolute Gasteiger partial charge is 0.314 e. The Hall–Kier alpha value is -3.15. The molecule has 35 heavy (non-hydrogen) atoms. The second-order valence-corrected chi connectivity index (χ2v) is 9.90. The van der Waals surface area contributed by atoms with Crippen LogP contribution in [0.2, 0.25) is 0 Å². The number of carbonyl (C=O) groups is 1. The highest BCUT2D eigenvalue weighted by molar-refractivity contribution is 5.80. The monoisotopic (exact) mass is 471 g/mol. The fraction of sp³-hybridized carbons (Fsp3) is 0.367. The first kappa shape index (κ1) is 23.6. The van der Waals surface area contributed by atoms with E-state index in [9.17, 15) is 9.90 Å². The van der Waals surface area contributed by atoms with Gasteiger partial charge in [0.1, 0.15) is 5.75 Å². The highest BCUT2D eigenvalue weighted by Crippen LogP contribution is 2.61. The third kappa shape index (κ3) is 4.03. The molecular weight excluding hydrogens is 438 g/mol. The van der Waals surface area contributed by atoms with Gasteiger partial charge in [0.2, 0.25) is 0 Å². The lowest BCUT2D eigenvalue weighted by Gasteiger charge is -2.51. The zero-order valence-electron chi connectivity index (χ0n) is 20.4. The van der Waals surface area contributed by atoms with Gasteiger partial charge in [0, 0.05) is 31.5 Å². The van der Waals surface area contributed by atoms with Crippen LogP contribution in [0, 0.1) is 11.3 Å². The third-order valence-electron chi connectivity index (χ3n) is 8.15. The van der Waals surface area contributed by atoms with Crippen molar-refractivity contribution in [2.45, 2.75) is 30.9 Å². The molecule has 2 aliphatic rings. The molecule has 0 radical (unpaired) electrons. The number of fused-ring (bicyclic) bond motifs is 1. The molecule has 1 heterocycles. The van der Waals surface area contributed by atoms with E-state index in [1.54, 1.807) is 7.11 Å². The van der Waals surface area contributed by atoms with Gasteiger partial charge in [-0.3, -0.25) is 9.69 Å². The minimum atomic E-state index is -1.18. The van der Waals surface area contributed by atoms with Crippen LogP contribution in [0.25, 0.3) is 0 Å². The van der Waals surface area contributed by atoms with Crippen LogP contribution in [0.4, 0.5) is 0 Å². The lowest BCUT2D eigenvalue weighted by molar-refractivity contribution is -0.173. The summed E-state index contributed by atoms with van der Waals surface area (Å²) >= 11 is 0. The van der Waals surface area contributed by atoms with Crippen molar-refractivity contribution < 1.29 is 19.4 Å². The first-order valence-corrected chi connectivity index (χ1v) is 12.3. The number of benzene rings is 3. The van der Waals surface area contributed by atoms with Crippen LogP contribution in [0.3, 0.4) is 0 Å². The Labute approximate surface area is 207 Å². The van der Waals surface area contributed by atoms with Gasteiger partial charge in [0.05, 0.1) is 25.2 Å². The lowest BCUT2D eigenvalue weighted by Crippen LogP contribution is -2.56. The summed E-state index contributed by atoms with van der Waals surface area (Å²) in [5.41, 5.74) is 1.05. The van der Waals surface area contributed by atoms with Crippen molar-refractivity contribution >= 4 is 5.97 Å². The molecule has 3 aromatic carbocycles. The zero-order chi connectivity index (χ0) is 24.5. The zero-order valence-corrected chi connectivity index (χ0v) is 20.4. The fourth-order valence-corrected chi connectivity index (χ4v) is 6.58. The summed E-state index contributed by atoms with van der Waals surface area (Å²) in [6.07, 6.45) is 1.24. The maximum absolute atomic E-state index is 13.8. The molecule has 0 bridgehead atoms. The number of methoxy groups -OCH3 is 2. The molecule has 5 heteroatoms. The molecular formula is C30H33NO4. The molecule has 4 unspecified atom stereocenters. The first-order valence-electron chi connectivity index (χ1n) is 12.3. The van der Waals surface area contributed by atoms with E-state index < -0.39 is 11.0 Å². The minimum absolute atomic E-state index is 0.0483. The van der Waals surface area contributed by atoms with Gasteiger partial charge in [0.25, 0.3) is 0 Å². The number of hydrogen-bond donors (Lipinski definition) is 1. The number of ether oxygens (including phenoxy) is 2. The van der Waals surface area contributed by atoms with E-state index in [2.05, 4.69) is 29.2 Å². The standard InChI is InChI=1S/C30H33NO4/c1-34-25-15-9-14-24(18-25)30(33)17-16-26(23-12-7-4-8-13-23)29(28(32)35-2)21-31(20-27(29)30)19-22-10-5-3-6-11-22/h3-15,18,26-27,33H,16-17,19-21H2,1-2H3. The first-order chi connectivity index (χ1) is 17.0. The van der Waals surface area contributed by atoms with Gasteiger partial charge < -0.3 is 14.6 Å². The molecule has 1 aliphatic heterocycles. The van der Waals surface area contributed by atoms with Gasteiger partial charge in [-0.25, -0.2) is 0 Å². The maximum atomic E-state index is 13.8. The van der Waals surface area contributed by atoms with E-state index in [1.165, 1.54) is 12.7 Å². The average molecular weight is 472 g/mol. The number of likely N-dealkylation sites (tertiary alicyclic amines) is 1. The Morgan fingerprint density at radius 2 is 1.71 bits per heavy atom. The van der Waals surface area contributed by atoms with Gasteiger partial charge in [-0.15, -0.1) is 0 Å². The Kier molecular flexibility index (Phi) is 6.39. The highest BCUT2D eigenvalue weighted by Gasteiger charge is 2.66. The summed E-state index contributed by atoms with van der Waals surface area (Å²) in [6, 6.07) is 28.2. The maximum Gasteiger partial charge on any atom is 0.314 e. The van der Waals surface area contributed by atoms with Crippen molar-refractivity contribution in [1.29, 1.82) is 0 Å². The Balaban J connectivity index is 1.63. The van der Waals surface area contributed by atoms with Crippen molar-refractivity contribution in [2.75, 3.05) is 27.3 Å². The van der Waals surface area contributed by atoms with Crippen LogP contribution in [0.1, 0.15) is 35.4 Å². The molecule has 2 fully saturated rings. The summed E-state index contributed by atoms with van der Waals surface area (Å²) in [6.45, 7) is 1.85. The van der Waals surface area contributed by atoms with Gasteiger partial charge >= 0.3 is 5.97 Å². The van der Waals surface area contributed by atoms with E-state index in [0.29, 0.717) is 38.2 Å². The molecule has 5 rings (SSSR count). The second-order valence-electron chi connectivity index (χ2n) is 9.90. The van der Waals surface area contributed by atoms with E-state index in [4.69, 9.17) is 9.47 Å². The van der Waals surface area contributed by atoms with Crippen molar-refractivity contribution in [3.8, 4) is 5.75 Å². The summed E-state index contributed by atoms with van der Waals surface area (Å²) in [7, 11) is 3.10. The van der Waals surface area contributed by atoms with Crippen molar-refractivity contribution in [2.24, 2.45) is 11.3 Å². The molecule has 1 N–H and O–H groups in total. The molecule has 4 atom stereocenters.